The number of hydrogen-bond donors (Lipinski definition) is 0. The highest BCUT2D eigenvalue weighted by Crippen LogP contribution is 1.89. The molecule has 0 aromatic heterocycles. The Hall–Kier alpha value is -1.58. The van der Waals surface area contributed by atoms with Gasteiger partial charge in [0.1, 0.15) is 0 Å². The molecule has 0 heterocycles. The third kappa shape index (κ3) is 10.4. The van der Waals surface area contributed by atoms with E-state index in [9.17, 15) is 14.7 Å². The molecule has 0 N–H and O–H groups in total. The zero-order valence-electron chi connectivity index (χ0n) is 8.75. The normalized spacial score (nSPS) is 7.93. The largest absolute Gasteiger partial charge is 0.545 e. The maximum Gasteiger partial charge on any atom is 0.333 e. The van der Waals surface area contributed by atoms with Gasteiger partial charge >= 0.3 is 5.97 Å². The van der Waals surface area contributed by atoms with Gasteiger partial charge < -0.3 is 14.6 Å². The number of ether oxygens (including phenoxy) is 1. The van der Waals surface area contributed by atoms with E-state index in [4.69, 9.17) is 0 Å². The summed E-state index contributed by atoms with van der Waals surface area (Å²) in [5.74, 6) is -1.50. The summed E-state index contributed by atoms with van der Waals surface area (Å²) in [5.41, 5.74) is 0.516. The molecule has 0 rings (SSSR count). The van der Waals surface area contributed by atoms with E-state index in [1.165, 1.54) is 6.92 Å². The van der Waals surface area contributed by atoms with Gasteiger partial charge in [0.15, 0.2) is 0 Å². The van der Waals surface area contributed by atoms with Gasteiger partial charge in [-0.15, -0.1) is 0 Å². The van der Waals surface area contributed by atoms with E-state index in [0.29, 0.717) is 12.2 Å². The van der Waals surface area contributed by atoms with Gasteiger partial charge in [-0.1, -0.05) is 13.2 Å². The van der Waals surface area contributed by atoms with E-state index in [1.807, 2.05) is 0 Å². The molecule has 14 heavy (non-hydrogen) atoms. The summed E-state index contributed by atoms with van der Waals surface area (Å²) in [6.45, 7) is 11.7. The lowest BCUT2D eigenvalue weighted by Gasteiger charge is -1.96. The van der Waals surface area contributed by atoms with Crippen LogP contribution in [0, 0.1) is 0 Å². The first-order valence-corrected chi connectivity index (χ1v) is 4.02. The molecule has 0 aromatic rings. The fourth-order valence-corrected chi connectivity index (χ4v) is 0.254. The molecule has 0 spiro atoms. The van der Waals surface area contributed by atoms with Gasteiger partial charge in [-0.05, 0) is 26.3 Å². The van der Waals surface area contributed by atoms with Crippen LogP contribution in [0.15, 0.2) is 24.3 Å². The van der Waals surface area contributed by atoms with Crippen molar-refractivity contribution >= 4 is 11.9 Å². The van der Waals surface area contributed by atoms with Gasteiger partial charge in [0.25, 0.3) is 0 Å². The van der Waals surface area contributed by atoms with Crippen molar-refractivity contribution in [2.75, 3.05) is 6.61 Å². The Morgan fingerprint density at radius 2 is 1.57 bits per heavy atom. The van der Waals surface area contributed by atoms with Crippen molar-refractivity contribution < 1.29 is 19.4 Å². The lowest BCUT2D eigenvalue weighted by molar-refractivity contribution is -0.299. The highest BCUT2D eigenvalue weighted by Gasteiger charge is 1.98. The third-order valence-corrected chi connectivity index (χ3v) is 0.972. The van der Waals surface area contributed by atoms with E-state index < -0.39 is 5.97 Å². The van der Waals surface area contributed by atoms with E-state index in [2.05, 4.69) is 17.9 Å². The predicted octanol–water partition coefficient (Wildman–Crippen LogP) is 0.438. The molecule has 0 amide bonds. The van der Waals surface area contributed by atoms with Crippen molar-refractivity contribution in [2.24, 2.45) is 0 Å². The maximum absolute atomic E-state index is 10.4. The topological polar surface area (TPSA) is 66.4 Å². The second-order valence-electron chi connectivity index (χ2n) is 2.57. The lowest BCUT2D eigenvalue weighted by atomic mass is 10.4. The van der Waals surface area contributed by atoms with Gasteiger partial charge in [-0.25, -0.2) is 4.79 Å². The standard InChI is InChI=1S/C6H10O2.C4H6O2/c1-4-8-6(7)5(2)3;1-3(2)4(5)6/h2,4H2,1,3H3;1H2,2H3,(H,5,6)/p-1. The van der Waals surface area contributed by atoms with Crippen molar-refractivity contribution in [1.82, 2.24) is 0 Å². The number of carbonyl (C=O) groups excluding carboxylic acids is 2. The van der Waals surface area contributed by atoms with Crippen LogP contribution in [0.1, 0.15) is 20.8 Å². The average molecular weight is 199 g/mol. The van der Waals surface area contributed by atoms with E-state index >= 15 is 0 Å². The van der Waals surface area contributed by atoms with Crippen molar-refractivity contribution in [2.45, 2.75) is 20.8 Å². The molecule has 0 saturated carbocycles. The number of carboxylic acids is 1. The fraction of sp³-hybridized carbons (Fsp3) is 0.400. The minimum atomic E-state index is -1.19. The summed E-state index contributed by atoms with van der Waals surface area (Å²) in [5, 5.41) is 9.49. The Bertz CT molecular complexity index is 229. The van der Waals surface area contributed by atoms with Gasteiger partial charge in [0.2, 0.25) is 0 Å². The maximum atomic E-state index is 10.4. The van der Waals surface area contributed by atoms with Crippen LogP contribution in [0.2, 0.25) is 0 Å². The van der Waals surface area contributed by atoms with Crippen molar-refractivity contribution in [3.8, 4) is 0 Å². The number of esters is 1. The molecule has 0 saturated heterocycles. The minimum Gasteiger partial charge on any atom is -0.545 e. The van der Waals surface area contributed by atoms with Crippen LogP contribution in [0.5, 0.6) is 0 Å². The zero-order chi connectivity index (χ0) is 11.7. The summed E-state index contributed by atoms with van der Waals surface area (Å²) >= 11 is 0. The number of carboxylic acid groups (broad SMARTS) is 1. The molecule has 0 unspecified atom stereocenters. The first kappa shape index (κ1) is 14.9. The summed E-state index contributed by atoms with van der Waals surface area (Å²) in [6.07, 6.45) is 0. The Kier molecular flexibility index (Phi) is 8.57. The van der Waals surface area contributed by atoms with Crippen LogP contribution in [0.4, 0.5) is 0 Å². The third-order valence-electron chi connectivity index (χ3n) is 0.972. The van der Waals surface area contributed by atoms with Crippen molar-refractivity contribution in [3.63, 3.8) is 0 Å². The van der Waals surface area contributed by atoms with E-state index in [1.54, 1.807) is 13.8 Å². The molecule has 80 valence electrons. The van der Waals surface area contributed by atoms with Gasteiger partial charge in [-0.3, -0.25) is 0 Å². The first-order valence-electron chi connectivity index (χ1n) is 4.02. The number of hydrogen-bond acceptors (Lipinski definition) is 4. The van der Waals surface area contributed by atoms with Crippen LogP contribution in [0.3, 0.4) is 0 Å². The number of rotatable bonds is 3. The summed E-state index contributed by atoms with van der Waals surface area (Å²) in [4.78, 5) is 19.9. The van der Waals surface area contributed by atoms with Crippen LogP contribution in [-0.2, 0) is 14.3 Å². The molecule has 4 heteroatoms. The Morgan fingerprint density at radius 1 is 1.21 bits per heavy atom. The average Bonchev–Trinajstić information content (AvgIpc) is 2.05. The molecule has 0 radical (unpaired) electrons. The molecule has 0 aliphatic carbocycles. The molecule has 4 nitrogen and oxygen atoms in total. The van der Waals surface area contributed by atoms with Crippen molar-refractivity contribution in [1.29, 1.82) is 0 Å². The lowest BCUT2D eigenvalue weighted by Crippen LogP contribution is -2.22. The molecular weight excluding hydrogens is 184 g/mol. The van der Waals surface area contributed by atoms with Gasteiger partial charge in [0.05, 0.1) is 12.6 Å². The Labute approximate surface area is 83.9 Å². The van der Waals surface area contributed by atoms with E-state index in [-0.39, 0.29) is 11.5 Å². The van der Waals surface area contributed by atoms with Gasteiger partial charge in [0, 0.05) is 5.57 Å². The highest BCUT2D eigenvalue weighted by molar-refractivity contribution is 5.86. The molecular formula is C10H15O4-. The molecule has 0 aromatic carbocycles. The predicted molar refractivity (Wildman–Crippen MR) is 51.3 cm³/mol. The second-order valence-corrected chi connectivity index (χ2v) is 2.57. The zero-order valence-corrected chi connectivity index (χ0v) is 8.75. The SMILES string of the molecule is C=C(C)C(=O)OCC.C=C(C)C(=O)[O-]. The second kappa shape index (κ2) is 8.04. The summed E-state index contributed by atoms with van der Waals surface area (Å²) in [6, 6.07) is 0. The van der Waals surface area contributed by atoms with Crippen LogP contribution in [0.25, 0.3) is 0 Å². The minimum absolute atomic E-state index is 0.0648. The number of carbonyl (C=O) groups is 2. The smallest absolute Gasteiger partial charge is 0.333 e. The molecule has 0 fully saturated rings. The van der Waals surface area contributed by atoms with Crippen LogP contribution < -0.4 is 5.11 Å². The van der Waals surface area contributed by atoms with Crippen LogP contribution in [-0.4, -0.2) is 18.5 Å². The molecule has 0 aliphatic heterocycles. The first-order chi connectivity index (χ1) is 6.32. The summed E-state index contributed by atoms with van der Waals surface area (Å²) < 4.78 is 4.56. The summed E-state index contributed by atoms with van der Waals surface area (Å²) in [7, 11) is 0. The molecule has 0 bridgehead atoms. The van der Waals surface area contributed by atoms with E-state index in [0.717, 1.165) is 0 Å². The molecule has 0 aliphatic rings. The highest BCUT2D eigenvalue weighted by atomic mass is 16.5. The quantitative estimate of drug-likeness (QED) is 0.488. The molecule has 0 atom stereocenters. The van der Waals surface area contributed by atoms with Crippen molar-refractivity contribution in [3.05, 3.63) is 24.3 Å². The Balaban J connectivity index is 0. The van der Waals surface area contributed by atoms with Gasteiger partial charge in [-0.2, -0.15) is 0 Å². The van der Waals surface area contributed by atoms with Crippen LogP contribution >= 0.6 is 0 Å². The number of aliphatic carboxylic acids is 1. The Morgan fingerprint density at radius 3 is 1.64 bits per heavy atom. The monoisotopic (exact) mass is 199 g/mol. The fourth-order valence-electron chi connectivity index (χ4n) is 0.254.